The second-order valence-electron chi connectivity index (χ2n) is 9.90. The van der Waals surface area contributed by atoms with Gasteiger partial charge in [-0.3, -0.25) is 14.0 Å². The highest BCUT2D eigenvalue weighted by atomic mass is 16.2. The SMILES string of the molecule is CC(=O)Nc1ccc(-c2nc3cc(C(=O)NCc4cccc(CN)c4)ccn3c2NC2CCCCC2)cc1. The van der Waals surface area contributed by atoms with E-state index >= 15 is 0 Å². The lowest BCUT2D eigenvalue weighted by molar-refractivity contribution is -0.114. The Balaban J connectivity index is 1.43. The van der Waals surface area contributed by atoms with Gasteiger partial charge in [-0.1, -0.05) is 55.7 Å². The zero-order valence-corrected chi connectivity index (χ0v) is 21.7. The van der Waals surface area contributed by atoms with Crippen LogP contribution in [0.3, 0.4) is 0 Å². The van der Waals surface area contributed by atoms with Gasteiger partial charge in [0.1, 0.15) is 17.2 Å². The van der Waals surface area contributed by atoms with E-state index in [2.05, 4.69) is 16.0 Å². The number of pyridine rings is 1. The van der Waals surface area contributed by atoms with Crippen LogP contribution in [0.4, 0.5) is 11.5 Å². The van der Waals surface area contributed by atoms with Gasteiger partial charge in [0, 0.05) is 49.1 Å². The zero-order chi connectivity index (χ0) is 26.5. The summed E-state index contributed by atoms with van der Waals surface area (Å²) in [5.41, 5.74) is 11.5. The van der Waals surface area contributed by atoms with Crippen LogP contribution in [-0.2, 0) is 17.9 Å². The van der Waals surface area contributed by atoms with Crippen molar-refractivity contribution in [3.8, 4) is 11.3 Å². The number of rotatable bonds is 8. The minimum Gasteiger partial charge on any atom is -0.367 e. The monoisotopic (exact) mass is 510 g/mol. The Morgan fingerprint density at radius 1 is 1.00 bits per heavy atom. The number of aromatic nitrogens is 2. The summed E-state index contributed by atoms with van der Waals surface area (Å²) in [7, 11) is 0. The second-order valence-corrected chi connectivity index (χ2v) is 9.90. The van der Waals surface area contributed by atoms with Crippen LogP contribution < -0.4 is 21.7 Å². The van der Waals surface area contributed by atoms with Gasteiger partial charge in [0.2, 0.25) is 5.91 Å². The lowest BCUT2D eigenvalue weighted by Gasteiger charge is -2.24. The molecule has 8 nitrogen and oxygen atoms in total. The molecule has 2 aromatic heterocycles. The van der Waals surface area contributed by atoms with Crippen molar-refractivity contribution in [2.45, 2.75) is 58.2 Å². The number of fused-ring (bicyclic) bond motifs is 1. The third kappa shape index (κ3) is 5.86. The molecule has 0 unspecified atom stereocenters. The third-order valence-corrected chi connectivity index (χ3v) is 6.99. The first-order valence-electron chi connectivity index (χ1n) is 13.2. The summed E-state index contributed by atoms with van der Waals surface area (Å²) >= 11 is 0. The maximum Gasteiger partial charge on any atom is 0.251 e. The molecule has 0 saturated heterocycles. The van der Waals surface area contributed by atoms with Crippen molar-refractivity contribution in [2.24, 2.45) is 5.73 Å². The molecule has 5 N–H and O–H groups in total. The van der Waals surface area contributed by atoms with Crippen LogP contribution in [0.1, 0.15) is 60.5 Å². The molecule has 0 bridgehead atoms. The van der Waals surface area contributed by atoms with E-state index in [1.807, 2.05) is 71.3 Å². The van der Waals surface area contributed by atoms with Gasteiger partial charge < -0.3 is 21.7 Å². The molecule has 0 radical (unpaired) electrons. The first-order chi connectivity index (χ1) is 18.5. The number of hydrogen-bond acceptors (Lipinski definition) is 5. The number of carbonyl (C=O) groups excluding carboxylic acids is 2. The van der Waals surface area contributed by atoms with Crippen molar-refractivity contribution in [1.82, 2.24) is 14.7 Å². The fraction of sp³-hybridized carbons (Fsp3) is 0.300. The van der Waals surface area contributed by atoms with Crippen LogP contribution in [0.25, 0.3) is 16.9 Å². The third-order valence-electron chi connectivity index (χ3n) is 6.99. The largest absolute Gasteiger partial charge is 0.367 e. The topological polar surface area (TPSA) is 114 Å². The van der Waals surface area contributed by atoms with E-state index in [1.165, 1.54) is 26.2 Å². The first-order valence-corrected chi connectivity index (χ1v) is 13.2. The molecule has 1 fully saturated rings. The van der Waals surface area contributed by atoms with E-state index in [4.69, 9.17) is 10.7 Å². The van der Waals surface area contributed by atoms with Gasteiger partial charge in [0.05, 0.1) is 0 Å². The number of amides is 2. The van der Waals surface area contributed by atoms with Gasteiger partial charge >= 0.3 is 0 Å². The molecular formula is C30H34N6O2. The summed E-state index contributed by atoms with van der Waals surface area (Å²) in [5, 5.41) is 9.56. The lowest BCUT2D eigenvalue weighted by Crippen LogP contribution is -2.24. The summed E-state index contributed by atoms with van der Waals surface area (Å²) in [5.74, 6) is 0.657. The number of nitrogens with one attached hydrogen (secondary N) is 3. The summed E-state index contributed by atoms with van der Waals surface area (Å²) in [6.07, 6.45) is 7.87. The fourth-order valence-corrected chi connectivity index (χ4v) is 5.03. The Morgan fingerprint density at radius 2 is 1.76 bits per heavy atom. The number of nitrogens with two attached hydrogens (primary N) is 1. The van der Waals surface area contributed by atoms with E-state index in [0.29, 0.717) is 30.3 Å². The molecule has 4 aromatic rings. The molecule has 0 spiro atoms. The summed E-state index contributed by atoms with van der Waals surface area (Å²) < 4.78 is 2.02. The Hall–Kier alpha value is -4.17. The quantitative estimate of drug-likeness (QED) is 0.264. The van der Waals surface area contributed by atoms with Crippen LogP contribution in [0.2, 0.25) is 0 Å². The van der Waals surface area contributed by atoms with Gasteiger partial charge in [0.25, 0.3) is 5.91 Å². The Bertz CT molecular complexity index is 1440. The molecule has 1 saturated carbocycles. The Labute approximate surface area is 222 Å². The fourth-order valence-electron chi connectivity index (χ4n) is 5.03. The second kappa shape index (κ2) is 11.5. The number of carbonyl (C=O) groups is 2. The first kappa shape index (κ1) is 25.5. The van der Waals surface area contributed by atoms with E-state index in [0.717, 1.165) is 46.7 Å². The zero-order valence-electron chi connectivity index (χ0n) is 21.7. The molecule has 38 heavy (non-hydrogen) atoms. The van der Waals surface area contributed by atoms with Gasteiger partial charge in [-0.15, -0.1) is 0 Å². The number of hydrogen-bond donors (Lipinski definition) is 4. The highest BCUT2D eigenvalue weighted by Gasteiger charge is 2.20. The summed E-state index contributed by atoms with van der Waals surface area (Å²) in [6.45, 7) is 2.38. The highest BCUT2D eigenvalue weighted by molar-refractivity contribution is 5.95. The van der Waals surface area contributed by atoms with Crippen LogP contribution in [0.5, 0.6) is 0 Å². The standard InChI is InChI=1S/C30H34N6O2/c1-20(37)33-26-12-10-23(11-13-26)28-29(34-25-8-3-2-4-9-25)36-15-14-24(17-27(36)35-28)30(38)32-19-22-7-5-6-21(16-22)18-31/h5-7,10-17,25,34H,2-4,8-9,18-19,31H2,1H3,(H,32,38)(H,33,37). The maximum absolute atomic E-state index is 13.0. The van der Waals surface area contributed by atoms with Gasteiger partial charge in [-0.2, -0.15) is 0 Å². The van der Waals surface area contributed by atoms with Crippen molar-refractivity contribution in [1.29, 1.82) is 0 Å². The van der Waals surface area contributed by atoms with E-state index in [-0.39, 0.29) is 11.8 Å². The van der Waals surface area contributed by atoms with Crippen LogP contribution in [-0.4, -0.2) is 27.2 Å². The van der Waals surface area contributed by atoms with Gasteiger partial charge in [-0.05, 0) is 48.2 Å². The Kier molecular flexibility index (Phi) is 7.70. The Morgan fingerprint density at radius 3 is 2.50 bits per heavy atom. The molecule has 2 aromatic carbocycles. The molecule has 8 heteroatoms. The van der Waals surface area contributed by atoms with Crippen LogP contribution in [0.15, 0.2) is 66.9 Å². The van der Waals surface area contributed by atoms with Crippen molar-refractivity contribution >= 4 is 29.0 Å². The number of imidazole rings is 1. The molecule has 1 aliphatic carbocycles. The molecule has 1 aliphatic rings. The van der Waals surface area contributed by atoms with E-state index in [9.17, 15) is 9.59 Å². The molecule has 5 rings (SSSR count). The van der Waals surface area contributed by atoms with Gasteiger partial charge in [0.15, 0.2) is 0 Å². The smallest absolute Gasteiger partial charge is 0.251 e. The van der Waals surface area contributed by atoms with Crippen LogP contribution >= 0.6 is 0 Å². The summed E-state index contributed by atoms with van der Waals surface area (Å²) in [4.78, 5) is 29.4. The van der Waals surface area contributed by atoms with Crippen molar-refractivity contribution in [3.05, 3.63) is 83.6 Å². The van der Waals surface area contributed by atoms with E-state index in [1.54, 1.807) is 0 Å². The molecule has 0 atom stereocenters. The lowest BCUT2D eigenvalue weighted by atomic mass is 9.95. The normalized spacial score (nSPS) is 13.8. The van der Waals surface area contributed by atoms with Gasteiger partial charge in [-0.25, -0.2) is 4.98 Å². The van der Waals surface area contributed by atoms with Crippen molar-refractivity contribution in [2.75, 3.05) is 10.6 Å². The molecular weight excluding hydrogens is 476 g/mol. The van der Waals surface area contributed by atoms with Crippen LogP contribution in [0, 0.1) is 0 Å². The predicted octanol–water partition coefficient (Wildman–Crippen LogP) is 5.09. The summed E-state index contributed by atoms with van der Waals surface area (Å²) in [6, 6.07) is 19.6. The molecule has 0 aliphatic heterocycles. The number of anilines is 2. The predicted molar refractivity (Wildman–Crippen MR) is 151 cm³/mol. The minimum absolute atomic E-state index is 0.108. The average Bonchev–Trinajstić information content (AvgIpc) is 3.30. The van der Waals surface area contributed by atoms with E-state index < -0.39 is 0 Å². The maximum atomic E-state index is 13.0. The highest BCUT2D eigenvalue weighted by Crippen LogP contribution is 2.32. The minimum atomic E-state index is -0.156. The van der Waals surface area contributed by atoms with Crippen molar-refractivity contribution < 1.29 is 9.59 Å². The molecule has 2 heterocycles. The van der Waals surface area contributed by atoms with Crippen molar-refractivity contribution in [3.63, 3.8) is 0 Å². The average molecular weight is 511 g/mol. The molecule has 2 amide bonds. The number of nitrogens with zero attached hydrogens (tertiary/aromatic N) is 2. The number of benzene rings is 2. The molecule has 196 valence electrons.